The van der Waals surface area contributed by atoms with E-state index < -0.39 is 0 Å². The molecule has 0 atom stereocenters. The fourth-order valence-corrected chi connectivity index (χ4v) is 2.65. The number of carbonyl (C=O) groups is 1. The average molecular weight is 264 g/mol. The quantitative estimate of drug-likeness (QED) is 0.665. The third-order valence-corrected chi connectivity index (χ3v) is 3.74. The molecule has 0 spiro atoms. The van der Waals surface area contributed by atoms with Gasteiger partial charge >= 0.3 is 0 Å². The predicted octanol–water partition coefficient (Wildman–Crippen LogP) is 1.49. The van der Waals surface area contributed by atoms with E-state index in [0.29, 0.717) is 6.54 Å². The molecular formula is C14H20N2O3. The Hall–Kier alpha value is -1.75. The van der Waals surface area contributed by atoms with Crippen LogP contribution in [0.1, 0.15) is 42.5 Å². The Kier molecular flexibility index (Phi) is 3.95. The summed E-state index contributed by atoms with van der Waals surface area (Å²) in [5.74, 6) is -0.565. The minimum absolute atomic E-state index is 0.129. The maximum atomic E-state index is 12.2. The summed E-state index contributed by atoms with van der Waals surface area (Å²) in [4.78, 5) is 12.2. The number of rotatable bonds is 3. The Morgan fingerprint density at radius 3 is 2.26 bits per heavy atom. The van der Waals surface area contributed by atoms with E-state index in [1.807, 2.05) is 0 Å². The second-order valence-corrected chi connectivity index (χ2v) is 5.24. The number of hydrogen-bond acceptors (Lipinski definition) is 4. The summed E-state index contributed by atoms with van der Waals surface area (Å²) in [5, 5.41) is 21.8. The van der Waals surface area contributed by atoms with Crippen molar-refractivity contribution < 1.29 is 15.0 Å². The molecule has 0 aromatic heterocycles. The molecule has 5 heteroatoms. The summed E-state index contributed by atoms with van der Waals surface area (Å²) >= 11 is 0. The predicted molar refractivity (Wildman–Crippen MR) is 72.1 cm³/mol. The van der Waals surface area contributed by atoms with Gasteiger partial charge in [0.1, 0.15) is 11.5 Å². The van der Waals surface area contributed by atoms with E-state index in [2.05, 4.69) is 5.32 Å². The lowest BCUT2D eigenvalue weighted by Gasteiger charge is -2.37. The summed E-state index contributed by atoms with van der Waals surface area (Å²) in [5.41, 5.74) is 5.71. The van der Waals surface area contributed by atoms with E-state index in [1.54, 1.807) is 0 Å². The molecule has 1 fully saturated rings. The van der Waals surface area contributed by atoms with Crippen LogP contribution in [0.3, 0.4) is 0 Å². The minimum Gasteiger partial charge on any atom is -0.508 e. The van der Waals surface area contributed by atoms with E-state index in [0.717, 1.165) is 25.7 Å². The molecule has 0 unspecified atom stereocenters. The molecule has 5 N–H and O–H groups in total. The highest BCUT2D eigenvalue weighted by Crippen LogP contribution is 2.28. The highest BCUT2D eigenvalue weighted by atomic mass is 16.3. The molecular weight excluding hydrogens is 244 g/mol. The second kappa shape index (κ2) is 5.48. The van der Waals surface area contributed by atoms with Crippen LogP contribution in [-0.2, 0) is 0 Å². The highest BCUT2D eigenvalue weighted by Gasteiger charge is 2.32. The van der Waals surface area contributed by atoms with Gasteiger partial charge in [-0.05, 0) is 25.0 Å². The zero-order chi connectivity index (χ0) is 13.9. The summed E-state index contributed by atoms with van der Waals surface area (Å²) in [7, 11) is 0. The Morgan fingerprint density at radius 1 is 1.16 bits per heavy atom. The maximum absolute atomic E-state index is 12.2. The molecule has 1 aromatic rings. The Labute approximate surface area is 112 Å². The number of aromatic hydroxyl groups is 2. The van der Waals surface area contributed by atoms with Gasteiger partial charge in [-0.1, -0.05) is 19.3 Å². The first-order valence-electron chi connectivity index (χ1n) is 6.60. The maximum Gasteiger partial charge on any atom is 0.252 e. The van der Waals surface area contributed by atoms with Gasteiger partial charge in [-0.25, -0.2) is 0 Å². The third kappa shape index (κ3) is 3.17. The molecule has 0 aliphatic heterocycles. The van der Waals surface area contributed by atoms with Gasteiger partial charge in [0.25, 0.3) is 5.91 Å². The number of amides is 1. The Bertz CT molecular complexity index is 448. The zero-order valence-electron chi connectivity index (χ0n) is 10.9. The van der Waals surface area contributed by atoms with Crippen LogP contribution in [0.25, 0.3) is 0 Å². The summed E-state index contributed by atoms with van der Waals surface area (Å²) < 4.78 is 0. The van der Waals surface area contributed by atoms with Gasteiger partial charge in [-0.15, -0.1) is 0 Å². The highest BCUT2D eigenvalue weighted by molar-refractivity contribution is 5.95. The van der Waals surface area contributed by atoms with Crippen LogP contribution >= 0.6 is 0 Å². The van der Waals surface area contributed by atoms with E-state index in [4.69, 9.17) is 5.73 Å². The number of carbonyl (C=O) groups excluding carboxylic acids is 1. The van der Waals surface area contributed by atoms with Gasteiger partial charge in [-0.3, -0.25) is 4.79 Å². The summed E-state index contributed by atoms with van der Waals surface area (Å²) in [6.45, 7) is 0.406. The first-order chi connectivity index (χ1) is 9.04. The van der Waals surface area contributed by atoms with Crippen molar-refractivity contribution in [3.63, 3.8) is 0 Å². The van der Waals surface area contributed by atoms with Crippen molar-refractivity contribution >= 4 is 5.91 Å². The second-order valence-electron chi connectivity index (χ2n) is 5.24. The van der Waals surface area contributed by atoms with Gasteiger partial charge in [0.05, 0.1) is 5.54 Å². The minimum atomic E-state index is -0.351. The number of phenols is 2. The van der Waals surface area contributed by atoms with E-state index in [-0.39, 0.29) is 28.5 Å². The average Bonchev–Trinajstić information content (AvgIpc) is 2.38. The van der Waals surface area contributed by atoms with Gasteiger partial charge in [0, 0.05) is 18.2 Å². The lowest BCUT2D eigenvalue weighted by atomic mass is 9.81. The van der Waals surface area contributed by atoms with Gasteiger partial charge in [0.2, 0.25) is 0 Å². The standard InChI is InChI=1S/C14H20N2O3/c15-9-14(4-2-1-3-5-14)16-13(19)10-6-11(17)8-12(18)7-10/h6-8,17-18H,1-5,9,15H2,(H,16,19). The van der Waals surface area contributed by atoms with Gasteiger partial charge < -0.3 is 21.3 Å². The van der Waals surface area contributed by atoms with Gasteiger partial charge in [-0.2, -0.15) is 0 Å². The molecule has 1 aliphatic rings. The number of nitrogens with two attached hydrogens (primary N) is 1. The smallest absolute Gasteiger partial charge is 0.252 e. The zero-order valence-corrected chi connectivity index (χ0v) is 10.9. The Morgan fingerprint density at radius 2 is 1.74 bits per heavy atom. The van der Waals surface area contributed by atoms with Crippen LogP contribution in [0.15, 0.2) is 18.2 Å². The van der Waals surface area contributed by atoms with Crippen molar-refractivity contribution in [3.05, 3.63) is 23.8 Å². The molecule has 1 aliphatic carbocycles. The van der Waals surface area contributed by atoms with Crippen molar-refractivity contribution in [2.24, 2.45) is 5.73 Å². The first kappa shape index (κ1) is 13.7. The molecule has 1 saturated carbocycles. The molecule has 0 heterocycles. The molecule has 5 nitrogen and oxygen atoms in total. The van der Waals surface area contributed by atoms with Crippen LogP contribution in [0.4, 0.5) is 0 Å². The first-order valence-corrected chi connectivity index (χ1v) is 6.60. The van der Waals surface area contributed by atoms with E-state index in [1.165, 1.54) is 24.6 Å². The molecule has 2 rings (SSSR count). The molecule has 1 aromatic carbocycles. The largest absolute Gasteiger partial charge is 0.508 e. The number of phenolic OH excluding ortho intramolecular Hbond substituents is 2. The van der Waals surface area contributed by atoms with Crippen LogP contribution in [-0.4, -0.2) is 28.2 Å². The van der Waals surface area contributed by atoms with Crippen molar-refractivity contribution in [3.8, 4) is 11.5 Å². The van der Waals surface area contributed by atoms with E-state index >= 15 is 0 Å². The van der Waals surface area contributed by atoms with Crippen LogP contribution < -0.4 is 11.1 Å². The molecule has 0 radical (unpaired) electrons. The molecule has 1 amide bonds. The number of nitrogens with one attached hydrogen (secondary N) is 1. The van der Waals surface area contributed by atoms with Crippen LogP contribution in [0, 0.1) is 0 Å². The molecule has 19 heavy (non-hydrogen) atoms. The third-order valence-electron chi connectivity index (χ3n) is 3.74. The molecule has 0 bridgehead atoms. The van der Waals surface area contributed by atoms with Crippen molar-refractivity contribution in [1.82, 2.24) is 5.32 Å². The van der Waals surface area contributed by atoms with Crippen molar-refractivity contribution in [2.75, 3.05) is 6.54 Å². The normalized spacial score (nSPS) is 17.9. The molecule has 104 valence electrons. The van der Waals surface area contributed by atoms with Crippen molar-refractivity contribution in [2.45, 2.75) is 37.6 Å². The lowest BCUT2D eigenvalue weighted by molar-refractivity contribution is 0.0874. The SMILES string of the molecule is NCC1(NC(=O)c2cc(O)cc(O)c2)CCCCC1. The number of hydrogen-bond donors (Lipinski definition) is 4. The number of benzene rings is 1. The van der Waals surface area contributed by atoms with Crippen LogP contribution in [0.5, 0.6) is 11.5 Å². The van der Waals surface area contributed by atoms with E-state index in [9.17, 15) is 15.0 Å². The van der Waals surface area contributed by atoms with Crippen molar-refractivity contribution in [1.29, 1.82) is 0 Å². The lowest BCUT2D eigenvalue weighted by Crippen LogP contribution is -2.54. The fourth-order valence-electron chi connectivity index (χ4n) is 2.65. The monoisotopic (exact) mass is 264 g/mol. The summed E-state index contributed by atoms with van der Waals surface area (Å²) in [6.07, 6.45) is 5.04. The summed E-state index contributed by atoms with van der Waals surface area (Å²) in [6, 6.07) is 3.86. The molecule has 0 saturated heterocycles. The fraction of sp³-hybridized carbons (Fsp3) is 0.500. The van der Waals surface area contributed by atoms with Crippen LogP contribution in [0.2, 0.25) is 0 Å². The topological polar surface area (TPSA) is 95.6 Å². The van der Waals surface area contributed by atoms with Gasteiger partial charge in [0.15, 0.2) is 0 Å². The Balaban J connectivity index is 2.15.